The predicted molar refractivity (Wildman–Crippen MR) is 71.2 cm³/mol. The fourth-order valence-corrected chi connectivity index (χ4v) is 1.80. The highest BCUT2D eigenvalue weighted by molar-refractivity contribution is 5.64. The number of unbranched alkanes of at least 4 members (excludes halogenated alkanes) is 3. The van der Waals surface area contributed by atoms with Gasteiger partial charge in [-0.15, -0.1) is 0 Å². The fraction of sp³-hybridized carbons (Fsp3) is 0.533. The Balaban J connectivity index is 2.77. The van der Waals surface area contributed by atoms with Gasteiger partial charge in [0.05, 0.1) is 6.20 Å². The van der Waals surface area contributed by atoms with E-state index in [0.29, 0.717) is 0 Å². The number of pyridine rings is 1. The number of allylic oxidation sites excluding steroid dienone is 2. The van der Waals surface area contributed by atoms with Gasteiger partial charge in [-0.3, -0.25) is 4.98 Å². The van der Waals surface area contributed by atoms with Crippen molar-refractivity contribution in [2.45, 2.75) is 52.4 Å². The Morgan fingerprint density at radius 1 is 1.24 bits per heavy atom. The van der Waals surface area contributed by atoms with Gasteiger partial charge in [0.15, 0.2) is 0 Å². The van der Waals surface area contributed by atoms with E-state index in [-0.39, 0.29) is 5.82 Å². The van der Waals surface area contributed by atoms with Crippen LogP contribution < -0.4 is 0 Å². The zero-order valence-electron chi connectivity index (χ0n) is 10.9. The minimum Gasteiger partial charge on any atom is -0.261 e. The summed E-state index contributed by atoms with van der Waals surface area (Å²) in [6, 6.07) is 1.58. The van der Waals surface area contributed by atoms with Gasteiger partial charge in [-0.05, 0) is 36.5 Å². The Kier molecular flexibility index (Phi) is 6.53. The summed E-state index contributed by atoms with van der Waals surface area (Å²) < 4.78 is 13.1. The van der Waals surface area contributed by atoms with Gasteiger partial charge in [0.1, 0.15) is 5.82 Å². The minimum absolute atomic E-state index is 0.250. The van der Waals surface area contributed by atoms with Crippen molar-refractivity contribution in [1.29, 1.82) is 0 Å². The summed E-state index contributed by atoms with van der Waals surface area (Å²) in [4.78, 5) is 3.93. The number of hydrogen-bond donors (Lipinski definition) is 0. The van der Waals surface area contributed by atoms with E-state index >= 15 is 0 Å². The topological polar surface area (TPSA) is 12.9 Å². The molecule has 0 N–H and O–H groups in total. The lowest BCUT2D eigenvalue weighted by atomic mass is 10.00. The Labute approximate surface area is 104 Å². The number of aromatic nitrogens is 1. The van der Waals surface area contributed by atoms with Crippen molar-refractivity contribution in [3.8, 4) is 0 Å². The van der Waals surface area contributed by atoms with E-state index in [2.05, 4.69) is 24.9 Å². The molecule has 0 saturated heterocycles. The summed E-state index contributed by atoms with van der Waals surface area (Å²) in [7, 11) is 0. The van der Waals surface area contributed by atoms with Crippen LogP contribution in [0.5, 0.6) is 0 Å². The van der Waals surface area contributed by atoms with Crippen molar-refractivity contribution in [3.63, 3.8) is 0 Å². The molecule has 0 unspecified atom stereocenters. The summed E-state index contributed by atoms with van der Waals surface area (Å²) in [5, 5.41) is 0. The van der Waals surface area contributed by atoms with Gasteiger partial charge in [0.25, 0.3) is 0 Å². The number of rotatable bonds is 7. The average Bonchev–Trinajstić information content (AvgIpc) is 2.33. The lowest BCUT2D eigenvalue weighted by molar-refractivity contribution is 0.620. The number of nitrogens with zero attached hydrogens (tertiary/aromatic N) is 1. The number of halogens is 1. The maximum absolute atomic E-state index is 13.1. The van der Waals surface area contributed by atoms with Crippen LogP contribution in [0.15, 0.2) is 24.5 Å². The molecule has 0 fully saturated rings. The molecule has 94 valence electrons. The molecular formula is C15H22FN. The van der Waals surface area contributed by atoms with Gasteiger partial charge < -0.3 is 0 Å². The molecule has 17 heavy (non-hydrogen) atoms. The maximum Gasteiger partial charge on any atom is 0.142 e. The summed E-state index contributed by atoms with van der Waals surface area (Å²) >= 11 is 0. The lowest BCUT2D eigenvalue weighted by Gasteiger charge is -2.07. The van der Waals surface area contributed by atoms with Gasteiger partial charge in [-0.2, -0.15) is 0 Å². The molecule has 0 atom stereocenters. The van der Waals surface area contributed by atoms with E-state index < -0.39 is 0 Å². The van der Waals surface area contributed by atoms with Crippen molar-refractivity contribution in [2.75, 3.05) is 0 Å². The zero-order valence-corrected chi connectivity index (χ0v) is 10.9. The van der Waals surface area contributed by atoms with Crippen LogP contribution in [-0.2, 0) is 0 Å². The van der Waals surface area contributed by atoms with Crippen LogP contribution >= 0.6 is 0 Å². The van der Waals surface area contributed by atoms with Crippen LogP contribution in [0, 0.1) is 5.82 Å². The van der Waals surface area contributed by atoms with Crippen LogP contribution in [0.2, 0.25) is 0 Å². The maximum atomic E-state index is 13.1. The van der Waals surface area contributed by atoms with E-state index in [0.717, 1.165) is 31.2 Å². The van der Waals surface area contributed by atoms with Gasteiger partial charge in [-0.1, -0.05) is 39.2 Å². The van der Waals surface area contributed by atoms with Gasteiger partial charge in [-0.25, -0.2) is 4.39 Å². The summed E-state index contributed by atoms with van der Waals surface area (Å²) in [6.07, 6.45) is 12.1. The van der Waals surface area contributed by atoms with Crippen LogP contribution in [0.4, 0.5) is 4.39 Å². The first-order chi connectivity index (χ1) is 8.27. The first-order valence-electron chi connectivity index (χ1n) is 6.57. The monoisotopic (exact) mass is 235 g/mol. The second kappa shape index (κ2) is 7.99. The smallest absolute Gasteiger partial charge is 0.142 e. The SMILES string of the molecule is CCCC/C=C(\CCCC)c1cncc(F)c1. The van der Waals surface area contributed by atoms with Crippen LogP contribution in [0.3, 0.4) is 0 Å². The third-order valence-electron chi connectivity index (χ3n) is 2.82. The first kappa shape index (κ1) is 13.9. The molecule has 1 aromatic heterocycles. The Bertz CT molecular complexity index is 358. The third-order valence-corrected chi connectivity index (χ3v) is 2.82. The molecule has 0 radical (unpaired) electrons. The quantitative estimate of drug-likeness (QED) is 0.607. The molecule has 1 aromatic rings. The largest absolute Gasteiger partial charge is 0.261 e. The average molecular weight is 235 g/mol. The van der Waals surface area contributed by atoms with Crippen molar-refractivity contribution >= 4 is 5.57 Å². The first-order valence-corrected chi connectivity index (χ1v) is 6.57. The Hall–Kier alpha value is -1.18. The molecular weight excluding hydrogens is 213 g/mol. The van der Waals surface area contributed by atoms with Crippen LogP contribution in [0.1, 0.15) is 57.9 Å². The molecule has 1 heterocycles. The summed E-state index contributed by atoms with van der Waals surface area (Å²) in [6.45, 7) is 4.36. The third kappa shape index (κ3) is 5.12. The fourth-order valence-electron chi connectivity index (χ4n) is 1.80. The molecule has 0 amide bonds. The molecule has 0 aliphatic rings. The summed E-state index contributed by atoms with van der Waals surface area (Å²) in [5.74, 6) is -0.250. The Morgan fingerprint density at radius 3 is 2.65 bits per heavy atom. The highest BCUT2D eigenvalue weighted by Gasteiger charge is 2.03. The van der Waals surface area contributed by atoms with Crippen molar-refractivity contribution in [3.05, 3.63) is 35.9 Å². The normalized spacial score (nSPS) is 11.8. The number of hydrogen-bond acceptors (Lipinski definition) is 1. The molecule has 1 nitrogen and oxygen atoms in total. The van der Waals surface area contributed by atoms with E-state index in [1.807, 2.05) is 0 Å². The molecule has 2 heteroatoms. The minimum atomic E-state index is -0.250. The molecule has 0 spiro atoms. The van der Waals surface area contributed by atoms with E-state index in [1.165, 1.54) is 24.6 Å². The van der Waals surface area contributed by atoms with Gasteiger partial charge in [0, 0.05) is 6.20 Å². The predicted octanol–water partition coefficient (Wildman–Crippen LogP) is 4.98. The Morgan fingerprint density at radius 2 is 2.00 bits per heavy atom. The molecule has 0 aromatic carbocycles. The van der Waals surface area contributed by atoms with Crippen LogP contribution in [-0.4, -0.2) is 4.98 Å². The van der Waals surface area contributed by atoms with Gasteiger partial charge in [0.2, 0.25) is 0 Å². The molecule has 0 aliphatic carbocycles. The second-order valence-corrected chi connectivity index (χ2v) is 4.37. The second-order valence-electron chi connectivity index (χ2n) is 4.37. The molecule has 0 aliphatic heterocycles. The molecule has 1 rings (SSSR count). The summed E-state index contributed by atoms with van der Waals surface area (Å²) in [5.41, 5.74) is 2.18. The lowest BCUT2D eigenvalue weighted by Crippen LogP contribution is -1.89. The highest BCUT2D eigenvalue weighted by atomic mass is 19.1. The van der Waals surface area contributed by atoms with Crippen molar-refractivity contribution in [2.24, 2.45) is 0 Å². The van der Waals surface area contributed by atoms with E-state index in [9.17, 15) is 4.39 Å². The van der Waals surface area contributed by atoms with Gasteiger partial charge >= 0.3 is 0 Å². The standard InChI is InChI=1S/C15H22FN/c1-3-5-7-9-13(8-6-4-2)14-10-15(16)12-17-11-14/h9-12H,3-8H2,1-2H3/b13-9+. The zero-order chi connectivity index (χ0) is 12.5. The van der Waals surface area contributed by atoms with Crippen molar-refractivity contribution < 1.29 is 4.39 Å². The van der Waals surface area contributed by atoms with E-state index in [1.54, 1.807) is 12.3 Å². The molecule has 0 saturated carbocycles. The van der Waals surface area contributed by atoms with Crippen molar-refractivity contribution in [1.82, 2.24) is 4.98 Å². The molecule has 0 bridgehead atoms. The highest BCUT2D eigenvalue weighted by Crippen LogP contribution is 2.22. The van der Waals surface area contributed by atoms with E-state index in [4.69, 9.17) is 0 Å². The van der Waals surface area contributed by atoms with Crippen LogP contribution in [0.25, 0.3) is 5.57 Å².